The van der Waals surface area contributed by atoms with Crippen molar-refractivity contribution in [1.82, 2.24) is 0 Å². The Kier molecular flexibility index (Phi) is 59.4. The van der Waals surface area contributed by atoms with Crippen LogP contribution in [0, 0.1) is 23.7 Å². The number of esters is 4. The van der Waals surface area contributed by atoms with Gasteiger partial charge in [-0.25, -0.2) is 9.13 Å². The molecule has 0 heterocycles. The van der Waals surface area contributed by atoms with Crippen LogP contribution < -0.4 is 0 Å². The van der Waals surface area contributed by atoms with E-state index in [9.17, 15) is 43.2 Å². The Balaban J connectivity index is 5.26. The number of phosphoric acid groups is 2. The molecule has 534 valence electrons. The molecule has 0 aliphatic rings. The molecule has 0 aliphatic heterocycles. The molecule has 0 aromatic rings. The van der Waals surface area contributed by atoms with Crippen molar-refractivity contribution in [3.05, 3.63) is 0 Å². The highest BCUT2D eigenvalue weighted by Gasteiger charge is 2.30. The molecule has 0 saturated carbocycles. The fraction of sp³-hybridized carbons (Fsp3) is 0.944. The minimum Gasteiger partial charge on any atom is -0.462 e. The number of unbranched alkanes of at least 4 members (excludes halogenated alkanes) is 32. The molecule has 90 heavy (non-hydrogen) atoms. The van der Waals surface area contributed by atoms with E-state index in [0.717, 1.165) is 120 Å². The summed E-state index contributed by atoms with van der Waals surface area (Å²) in [6.07, 6.45) is 43.0. The molecule has 0 aliphatic carbocycles. The van der Waals surface area contributed by atoms with E-state index in [4.69, 9.17) is 37.0 Å². The smallest absolute Gasteiger partial charge is 0.462 e. The predicted molar refractivity (Wildman–Crippen MR) is 363 cm³/mol. The number of aliphatic hydroxyl groups excluding tert-OH is 1. The van der Waals surface area contributed by atoms with Gasteiger partial charge in [0.2, 0.25) is 0 Å². The van der Waals surface area contributed by atoms with Crippen molar-refractivity contribution in [2.45, 2.75) is 369 Å². The second-order valence-corrected chi connectivity index (χ2v) is 30.0. The van der Waals surface area contributed by atoms with Crippen molar-refractivity contribution in [3.63, 3.8) is 0 Å². The molecule has 0 rings (SSSR count). The first-order chi connectivity index (χ1) is 43.2. The molecular weight excluding hydrogens is 1190 g/mol. The summed E-state index contributed by atoms with van der Waals surface area (Å²) >= 11 is 0. The van der Waals surface area contributed by atoms with Crippen molar-refractivity contribution < 1.29 is 80.2 Å². The van der Waals surface area contributed by atoms with E-state index in [1.807, 2.05) is 0 Å². The van der Waals surface area contributed by atoms with Crippen molar-refractivity contribution in [2.24, 2.45) is 23.7 Å². The number of carbonyl (C=O) groups excluding carboxylic acids is 4. The van der Waals surface area contributed by atoms with Gasteiger partial charge in [0.15, 0.2) is 12.2 Å². The van der Waals surface area contributed by atoms with Crippen LogP contribution in [0.5, 0.6) is 0 Å². The van der Waals surface area contributed by atoms with Crippen molar-refractivity contribution in [1.29, 1.82) is 0 Å². The van der Waals surface area contributed by atoms with Crippen LogP contribution in [0.3, 0.4) is 0 Å². The lowest BCUT2D eigenvalue weighted by Gasteiger charge is -2.21. The first kappa shape index (κ1) is 88.1. The van der Waals surface area contributed by atoms with Crippen LogP contribution in [0.15, 0.2) is 0 Å². The molecular formula is C71H138O17P2. The highest BCUT2D eigenvalue weighted by Crippen LogP contribution is 2.45. The lowest BCUT2D eigenvalue weighted by Crippen LogP contribution is -2.30. The third-order valence-electron chi connectivity index (χ3n) is 17.0. The molecule has 0 saturated heterocycles. The van der Waals surface area contributed by atoms with Gasteiger partial charge in [0, 0.05) is 25.7 Å². The molecule has 19 heteroatoms. The average Bonchev–Trinajstić information content (AvgIpc) is 3.72. The monoisotopic (exact) mass is 1320 g/mol. The van der Waals surface area contributed by atoms with Gasteiger partial charge in [-0.05, 0) is 49.4 Å². The first-order valence-electron chi connectivity index (χ1n) is 36.8. The third-order valence-corrected chi connectivity index (χ3v) is 18.9. The minimum atomic E-state index is -4.95. The highest BCUT2D eigenvalue weighted by molar-refractivity contribution is 7.47. The Bertz CT molecular complexity index is 1790. The largest absolute Gasteiger partial charge is 0.472 e. The summed E-state index contributed by atoms with van der Waals surface area (Å²) in [6, 6.07) is 0. The standard InChI is InChI=1S/C71H138O17P2/c1-9-63(7)49-41-33-25-21-22-28-38-46-54-71(76)88-66(57-81-68(73)51-43-35-26-20-16-18-24-32-40-48-62(5)6)59-85-89(77,78)83-55-65(72)56-84-90(79,80)86-60-67(58-82-69(74)52-44-36-30-29-34-42-50-64(8)10-2)87-70(75)53-45-37-27-19-15-13-11-12-14-17-23-31-39-47-61(3)4/h61-67,72H,9-60H2,1-8H3,(H,77,78)(H,79,80)/t63?,64?,65-,66-,67-/m1/s1. The van der Waals surface area contributed by atoms with Gasteiger partial charge < -0.3 is 33.8 Å². The quantitative estimate of drug-likeness (QED) is 0.0222. The zero-order valence-corrected chi connectivity index (χ0v) is 60.6. The summed E-state index contributed by atoms with van der Waals surface area (Å²) in [5.41, 5.74) is 0. The van der Waals surface area contributed by atoms with E-state index in [0.29, 0.717) is 25.7 Å². The summed E-state index contributed by atoms with van der Waals surface area (Å²) in [4.78, 5) is 72.6. The van der Waals surface area contributed by atoms with Crippen molar-refractivity contribution in [3.8, 4) is 0 Å². The maximum atomic E-state index is 13.0. The fourth-order valence-corrected chi connectivity index (χ4v) is 12.2. The second kappa shape index (κ2) is 60.7. The van der Waals surface area contributed by atoms with E-state index < -0.39 is 97.5 Å². The van der Waals surface area contributed by atoms with Crippen LogP contribution in [-0.4, -0.2) is 96.7 Å². The predicted octanol–water partition coefficient (Wildman–Crippen LogP) is 20.1. The molecule has 0 aromatic heterocycles. The number of ether oxygens (including phenoxy) is 4. The van der Waals surface area contributed by atoms with E-state index in [1.165, 1.54) is 148 Å². The number of hydrogen-bond donors (Lipinski definition) is 3. The van der Waals surface area contributed by atoms with Gasteiger partial charge in [-0.15, -0.1) is 0 Å². The van der Waals surface area contributed by atoms with Gasteiger partial charge in [-0.2, -0.15) is 0 Å². The minimum absolute atomic E-state index is 0.104. The van der Waals surface area contributed by atoms with E-state index in [1.54, 1.807) is 0 Å². The molecule has 0 fully saturated rings. The van der Waals surface area contributed by atoms with Gasteiger partial charge >= 0.3 is 39.5 Å². The van der Waals surface area contributed by atoms with Gasteiger partial charge in [0.05, 0.1) is 26.4 Å². The van der Waals surface area contributed by atoms with E-state index in [-0.39, 0.29) is 25.7 Å². The van der Waals surface area contributed by atoms with Crippen LogP contribution in [0.2, 0.25) is 0 Å². The zero-order chi connectivity index (χ0) is 66.8. The average molecular weight is 1330 g/mol. The van der Waals surface area contributed by atoms with Crippen LogP contribution in [0.25, 0.3) is 0 Å². The summed E-state index contributed by atoms with van der Waals surface area (Å²) in [5, 5.41) is 10.6. The number of rotatable bonds is 68. The molecule has 17 nitrogen and oxygen atoms in total. The molecule has 0 aromatic carbocycles. The number of aliphatic hydroxyl groups is 1. The SMILES string of the molecule is CCC(C)CCCCCCCCCCC(=O)O[C@H](COC(=O)CCCCCCCCCCCC(C)C)COP(=O)(O)OC[C@@H](O)COP(=O)(O)OC[C@@H](COC(=O)CCCCCCCCC(C)CC)OC(=O)CCCCCCCCCCCCCCCC(C)C. The first-order valence-corrected chi connectivity index (χ1v) is 39.8. The molecule has 4 unspecified atom stereocenters. The van der Waals surface area contributed by atoms with Crippen LogP contribution >= 0.6 is 15.6 Å². The molecule has 0 spiro atoms. The summed E-state index contributed by atoms with van der Waals surface area (Å²) in [7, 11) is -9.91. The van der Waals surface area contributed by atoms with E-state index >= 15 is 0 Å². The Morgan fingerprint density at radius 1 is 0.311 bits per heavy atom. The Labute approximate surface area is 549 Å². The van der Waals surface area contributed by atoms with Crippen LogP contribution in [0.1, 0.15) is 351 Å². The highest BCUT2D eigenvalue weighted by atomic mass is 31.2. The summed E-state index contributed by atoms with van der Waals surface area (Å²) < 4.78 is 68.3. The van der Waals surface area contributed by atoms with Gasteiger partial charge in [0.1, 0.15) is 19.3 Å². The Morgan fingerprint density at radius 2 is 0.533 bits per heavy atom. The molecule has 0 amide bonds. The molecule has 0 radical (unpaired) electrons. The number of phosphoric ester groups is 2. The summed E-state index contributed by atoms with van der Waals surface area (Å²) in [6.45, 7) is 14.1. The Hall–Kier alpha value is -1.94. The zero-order valence-electron chi connectivity index (χ0n) is 58.8. The third kappa shape index (κ3) is 62.2. The fourth-order valence-electron chi connectivity index (χ4n) is 10.6. The summed E-state index contributed by atoms with van der Waals surface area (Å²) in [5.74, 6) is 0.901. The lowest BCUT2D eigenvalue weighted by molar-refractivity contribution is -0.161. The topological polar surface area (TPSA) is 237 Å². The van der Waals surface area contributed by atoms with Crippen LogP contribution in [0.4, 0.5) is 0 Å². The van der Waals surface area contributed by atoms with Crippen molar-refractivity contribution >= 4 is 39.5 Å². The maximum absolute atomic E-state index is 13.0. The van der Waals surface area contributed by atoms with Gasteiger partial charge in [0.25, 0.3) is 0 Å². The van der Waals surface area contributed by atoms with Crippen LogP contribution in [-0.2, 0) is 65.4 Å². The second-order valence-electron chi connectivity index (χ2n) is 27.1. The normalized spacial score (nSPS) is 14.9. The maximum Gasteiger partial charge on any atom is 0.472 e. The van der Waals surface area contributed by atoms with Crippen molar-refractivity contribution in [2.75, 3.05) is 39.6 Å². The molecule has 3 N–H and O–H groups in total. The Morgan fingerprint density at radius 3 is 0.789 bits per heavy atom. The van der Waals surface area contributed by atoms with Gasteiger partial charge in [-0.3, -0.25) is 37.3 Å². The van der Waals surface area contributed by atoms with E-state index in [2.05, 4.69) is 55.4 Å². The number of hydrogen-bond acceptors (Lipinski definition) is 15. The number of carbonyl (C=O) groups is 4. The lowest BCUT2D eigenvalue weighted by atomic mass is 9.99. The van der Waals surface area contributed by atoms with Gasteiger partial charge in [-0.1, -0.05) is 299 Å². The molecule has 7 atom stereocenters. The molecule has 0 bridgehead atoms.